The highest BCUT2D eigenvalue weighted by Crippen LogP contribution is 2.32. The van der Waals surface area contributed by atoms with E-state index >= 15 is 0 Å². The lowest BCUT2D eigenvalue weighted by Crippen LogP contribution is -2.47. The summed E-state index contributed by atoms with van der Waals surface area (Å²) in [5.41, 5.74) is 1.54. The molecule has 4 nitrogen and oxygen atoms in total. The maximum absolute atomic E-state index is 12.9. The molecule has 1 amide bonds. The Kier molecular flexibility index (Phi) is 6.80. The lowest BCUT2D eigenvalue weighted by Gasteiger charge is -2.35. The van der Waals surface area contributed by atoms with Gasteiger partial charge in [-0.25, -0.2) is 0 Å². The molecule has 0 bridgehead atoms. The van der Waals surface area contributed by atoms with Crippen LogP contribution in [0.2, 0.25) is 0 Å². The molecule has 2 N–H and O–H groups in total. The van der Waals surface area contributed by atoms with Crippen molar-refractivity contribution in [3.05, 3.63) is 41.8 Å². The van der Waals surface area contributed by atoms with E-state index in [4.69, 9.17) is 4.74 Å². The number of carbonyl (C=O) groups is 1. The maximum atomic E-state index is 12.9. The molecule has 2 aromatic rings. The first-order chi connectivity index (χ1) is 11.2. The lowest BCUT2D eigenvalue weighted by molar-refractivity contribution is -0.130. The first-order valence-corrected chi connectivity index (χ1v) is 8.77. The van der Waals surface area contributed by atoms with Crippen molar-refractivity contribution in [1.82, 2.24) is 5.32 Å². The topological polar surface area (TPSA) is 50.4 Å². The monoisotopic (exact) mass is 366 g/mol. The second kappa shape index (κ2) is 8.62. The largest absolute Gasteiger partial charge is 0.384 e. The molecule has 0 radical (unpaired) electrons. The molecule has 24 heavy (non-hydrogen) atoms. The first-order valence-electron chi connectivity index (χ1n) is 7.89. The Morgan fingerprint density at radius 2 is 2.08 bits per heavy atom. The van der Waals surface area contributed by atoms with Crippen LogP contribution in [0.3, 0.4) is 0 Å². The third-order valence-corrected chi connectivity index (χ3v) is 5.31. The van der Waals surface area contributed by atoms with E-state index in [1.807, 2.05) is 24.3 Å². The Bertz CT molecular complexity index is 649. The fraction of sp³-hybridized carbons (Fsp3) is 0.389. The Morgan fingerprint density at radius 1 is 1.29 bits per heavy atom. The van der Waals surface area contributed by atoms with E-state index in [1.165, 1.54) is 4.88 Å². The van der Waals surface area contributed by atoms with Gasteiger partial charge >= 0.3 is 0 Å². The molecule has 1 aromatic heterocycles. The summed E-state index contributed by atoms with van der Waals surface area (Å²) in [5, 5.41) is 8.47. The highest BCUT2D eigenvalue weighted by Gasteiger charge is 2.39. The van der Waals surface area contributed by atoms with E-state index in [9.17, 15) is 4.79 Å². The van der Waals surface area contributed by atoms with Gasteiger partial charge in [-0.3, -0.25) is 4.79 Å². The maximum Gasteiger partial charge on any atom is 0.233 e. The number of carbonyl (C=O) groups excluding carboxylic acids is 1. The van der Waals surface area contributed by atoms with E-state index in [1.54, 1.807) is 18.4 Å². The van der Waals surface area contributed by atoms with Crippen molar-refractivity contribution < 1.29 is 9.53 Å². The Labute approximate surface area is 153 Å². The zero-order chi connectivity index (χ0) is 16.1. The fourth-order valence-electron chi connectivity index (χ4n) is 3.08. The normalized spacial score (nSPS) is 16.2. The summed E-state index contributed by atoms with van der Waals surface area (Å²) < 4.78 is 5.34. The molecule has 2 heterocycles. The van der Waals surface area contributed by atoms with Gasteiger partial charge in [0.2, 0.25) is 5.91 Å². The van der Waals surface area contributed by atoms with Gasteiger partial charge in [0, 0.05) is 17.7 Å². The zero-order valence-electron chi connectivity index (χ0n) is 13.7. The fourth-order valence-corrected chi connectivity index (χ4v) is 3.80. The minimum Gasteiger partial charge on any atom is -0.384 e. The molecule has 1 aliphatic rings. The van der Waals surface area contributed by atoms with Crippen molar-refractivity contribution in [2.24, 2.45) is 5.41 Å². The van der Waals surface area contributed by atoms with Crippen LogP contribution >= 0.6 is 23.7 Å². The van der Waals surface area contributed by atoms with Crippen LogP contribution in [0.1, 0.15) is 12.8 Å². The zero-order valence-corrected chi connectivity index (χ0v) is 15.3. The van der Waals surface area contributed by atoms with Gasteiger partial charge < -0.3 is 15.4 Å². The number of nitrogens with one attached hydrogen (secondary N) is 2. The molecule has 0 saturated carbocycles. The van der Waals surface area contributed by atoms with E-state index < -0.39 is 5.41 Å². The minimum atomic E-state index is -0.432. The van der Waals surface area contributed by atoms with Crippen LogP contribution in [0.15, 0.2) is 41.8 Å². The van der Waals surface area contributed by atoms with Crippen LogP contribution in [0.5, 0.6) is 0 Å². The number of benzene rings is 1. The molecule has 0 aliphatic carbocycles. The standard InChI is InChI=1S/C18H22N2O2S.ClH/c1-22-13-18(7-9-19-10-8-18)17(21)20-15-5-2-4-14(12-15)16-6-3-11-23-16;/h2-6,11-12,19H,7-10,13H2,1H3,(H,20,21);1H. The number of hydrogen-bond acceptors (Lipinski definition) is 4. The second-order valence-corrected chi connectivity index (χ2v) is 6.92. The molecule has 1 fully saturated rings. The number of amides is 1. The number of ether oxygens (including phenoxy) is 1. The van der Waals surface area contributed by atoms with Gasteiger partial charge in [-0.15, -0.1) is 23.7 Å². The third kappa shape index (κ3) is 4.16. The summed E-state index contributed by atoms with van der Waals surface area (Å²) in [7, 11) is 1.66. The molecule has 0 unspecified atom stereocenters. The lowest BCUT2D eigenvalue weighted by atomic mass is 9.78. The van der Waals surface area contributed by atoms with Crippen molar-refractivity contribution in [1.29, 1.82) is 0 Å². The summed E-state index contributed by atoms with van der Waals surface area (Å²) in [6, 6.07) is 12.1. The smallest absolute Gasteiger partial charge is 0.233 e. The number of methoxy groups -OCH3 is 1. The van der Waals surface area contributed by atoms with Gasteiger partial charge in [0.25, 0.3) is 0 Å². The van der Waals surface area contributed by atoms with Gasteiger partial charge in [0.05, 0.1) is 12.0 Å². The molecule has 1 saturated heterocycles. The summed E-state index contributed by atoms with van der Waals surface area (Å²) in [4.78, 5) is 14.1. The van der Waals surface area contributed by atoms with Crippen molar-refractivity contribution in [2.45, 2.75) is 12.8 Å². The van der Waals surface area contributed by atoms with Crippen LogP contribution in [0, 0.1) is 5.41 Å². The summed E-state index contributed by atoms with van der Waals surface area (Å²) in [6.07, 6.45) is 1.61. The second-order valence-electron chi connectivity index (χ2n) is 5.98. The van der Waals surface area contributed by atoms with Crippen molar-refractivity contribution in [2.75, 3.05) is 32.1 Å². The number of rotatable bonds is 5. The van der Waals surface area contributed by atoms with Gasteiger partial charge in [-0.05, 0) is 55.1 Å². The number of halogens is 1. The van der Waals surface area contributed by atoms with Gasteiger partial charge in [-0.1, -0.05) is 18.2 Å². The van der Waals surface area contributed by atoms with E-state index in [2.05, 4.69) is 28.1 Å². The molecule has 1 aromatic carbocycles. The molecular weight excluding hydrogens is 344 g/mol. The number of piperidine rings is 1. The quantitative estimate of drug-likeness (QED) is 0.846. The molecule has 0 spiro atoms. The predicted octanol–water partition coefficient (Wildman–Crippen LogP) is 3.79. The summed E-state index contributed by atoms with van der Waals surface area (Å²) in [6.45, 7) is 2.17. The molecule has 3 rings (SSSR count). The van der Waals surface area contributed by atoms with Crippen molar-refractivity contribution in [3.8, 4) is 10.4 Å². The van der Waals surface area contributed by atoms with Gasteiger partial charge in [0.15, 0.2) is 0 Å². The van der Waals surface area contributed by atoms with E-state index in [0.29, 0.717) is 6.61 Å². The third-order valence-electron chi connectivity index (χ3n) is 4.39. The van der Waals surface area contributed by atoms with Crippen LogP contribution in [-0.4, -0.2) is 32.7 Å². The average molecular weight is 367 g/mol. The van der Waals surface area contributed by atoms with Gasteiger partial charge in [-0.2, -0.15) is 0 Å². The van der Waals surface area contributed by atoms with Crippen LogP contribution in [0.25, 0.3) is 10.4 Å². The number of anilines is 1. The van der Waals surface area contributed by atoms with Gasteiger partial charge in [0.1, 0.15) is 0 Å². The highest BCUT2D eigenvalue weighted by atomic mass is 35.5. The highest BCUT2D eigenvalue weighted by molar-refractivity contribution is 7.13. The Morgan fingerprint density at radius 3 is 2.75 bits per heavy atom. The predicted molar refractivity (Wildman–Crippen MR) is 102 cm³/mol. The Balaban J connectivity index is 0.00000208. The average Bonchev–Trinajstić information content (AvgIpc) is 3.11. The molecule has 6 heteroatoms. The molecule has 130 valence electrons. The van der Waals surface area contributed by atoms with Crippen molar-refractivity contribution >= 4 is 35.3 Å². The van der Waals surface area contributed by atoms with E-state index in [-0.39, 0.29) is 18.3 Å². The van der Waals surface area contributed by atoms with Crippen LogP contribution in [0.4, 0.5) is 5.69 Å². The number of thiophene rings is 1. The van der Waals surface area contributed by atoms with Crippen LogP contribution < -0.4 is 10.6 Å². The summed E-state index contributed by atoms with van der Waals surface area (Å²) >= 11 is 1.70. The molecular formula is C18H23ClN2O2S. The molecule has 1 aliphatic heterocycles. The minimum absolute atomic E-state index is 0. The summed E-state index contributed by atoms with van der Waals surface area (Å²) in [5.74, 6) is 0.0594. The number of hydrogen-bond donors (Lipinski definition) is 2. The Hall–Kier alpha value is -1.40. The van der Waals surface area contributed by atoms with Crippen LogP contribution in [-0.2, 0) is 9.53 Å². The van der Waals surface area contributed by atoms with E-state index in [0.717, 1.165) is 37.2 Å². The SMILES string of the molecule is COCC1(C(=O)Nc2cccc(-c3cccs3)c2)CCNCC1.Cl. The van der Waals surface area contributed by atoms with Crippen molar-refractivity contribution in [3.63, 3.8) is 0 Å². The first kappa shape index (κ1) is 18.9. The molecule has 0 atom stereocenters.